The molecule has 0 aliphatic heterocycles. The van der Waals surface area contributed by atoms with Gasteiger partial charge in [0.2, 0.25) is 5.91 Å². The summed E-state index contributed by atoms with van der Waals surface area (Å²) in [5, 5.41) is 0. The first-order chi connectivity index (χ1) is 6.54. The number of nitrogens with zero attached hydrogens (tertiary/aromatic N) is 1. The predicted octanol–water partition coefficient (Wildman–Crippen LogP) is 1.62. The van der Waals surface area contributed by atoms with Crippen LogP contribution in [0.5, 0.6) is 0 Å². The molecule has 0 bridgehead atoms. The average molecular weight is 200 g/mol. The minimum absolute atomic E-state index is 0.102. The van der Waals surface area contributed by atoms with Crippen LogP contribution in [0.2, 0.25) is 0 Å². The van der Waals surface area contributed by atoms with Gasteiger partial charge in [0.25, 0.3) is 0 Å². The van der Waals surface area contributed by atoms with Gasteiger partial charge >= 0.3 is 0 Å². The molecule has 0 heterocycles. The lowest BCUT2D eigenvalue weighted by molar-refractivity contribution is -0.124. The molecule has 3 heteroatoms. The molecule has 0 aromatic heterocycles. The Hall–Kier alpha value is -0.570. The average Bonchev–Trinajstić information content (AvgIpc) is 2.03. The number of amides is 1. The Balaban J connectivity index is 4.46. The zero-order chi connectivity index (χ0) is 11.1. The van der Waals surface area contributed by atoms with Crippen LogP contribution in [-0.4, -0.2) is 29.9 Å². The van der Waals surface area contributed by atoms with Crippen LogP contribution in [0.1, 0.15) is 40.5 Å². The molecule has 0 spiro atoms. The highest BCUT2D eigenvalue weighted by atomic mass is 16.1. The van der Waals surface area contributed by atoms with Crippen molar-refractivity contribution in [2.75, 3.05) is 13.1 Å². The van der Waals surface area contributed by atoms with Crippen molar-refractivity contribution in [3.05, 3.63) is 0 Å². The van der Waals surface area contributed by atoms with E-state index in [4.69, 9.17) is 5.73 Å². The molecule has 0 aromatic rings. The molecular weight excluding hydrogens is 176 g/mol. The molecule has 0 saturated heterocycles. The molecule has 0 aromatic carbocycles. The minimum Gasteiger partial charge on any atom is -0.368 e. The summed E-state index contributed by atoms with van der Waals surface area (Å²) < 4.78 is 0. The molecule has 0 radical (unpaired) electrons. The maximum absolute atomic E-state index is 11.3. The van der Waals surface area contributed by atoms with E-state index in [1.54, 1.807) is 0 Å². The second kappa shape index (κ2) is 6.82. The lowest BCUT2D eigenvalue weighted by atomic mass is 10.0. The van der Waals surface area contributed by atoms with Crippen LogP contribution in [0.15, 0.2) is 0 Å². The quantitative estimate of drug-likeness (QED) is 0.679. The van der Waals surface area contributed by atoms with Crippen molar-refractivity contribution in [1.29, 1.82) is 0 Å². The summed E-state index contributed by atoms with van der Waals surface area (Å²) in [4.78, 5) is 13.5. The molecule has 84 valence electrons. The number of carbonyl (C=O) groups excluding carboxylic acids is 1. The van der Waals surface area contributed by atoms with E-state index in [1.807, 2.05) is 13.8 Å². The van der Waals surface area contributed by atoms with Gasteiger partial charge in [-0.25, -0.2) is 0 Å². The standard InChI is InChI=1S/C11H24N2O/c1-5-7-13(8-6-2)10(9(3)4)11(12)14/h9-10H,5-8H2,1-4H3,(H2,12,14). The number of nitrogens with two attached hydrogens (primary N) is 1. The van der Waals surface area contributed by atoms with Crippen molar-refractivity contribution >= 4 is 5.91 Å². The smallest absolute Gasteiger partial charge is 0.235 e. The summed E-state index contributed by atoms with van der Waals surface area (Å²) in [5.41, 5.74) is 5.42. The highest BCUT2D eigenvalue weighted by molar-refractivity contribution is 5.80. The van der Waals surface area contributed by atoms with E-state index in [0.717, 1.165) is 25.9 Å². The third-order valence-corrected chi connectivity index (χ3v) is 2.34. The largest absolute Gasteiger partial charge is 0.368 e. The highest BCUT2D eigenvalue weighted by Gasteiger charge is 2.25. The van der Waals surface area contributed by atoms with Crippen LogP contribution in [0.25, 0.3) is 0 Å². The van der Waals surface area contributed by atoms with Crippen molar-refractivity contribution in [3.63, 3.8) is 0 Å². The van der Waals surface area contributed by atoms with E-state index in [9.17, 15) is 4.79 Å². The lowest BCUT2D eigenvalue weighted by Gasteiger charge is -2.31. The molecule has 1 amide bonds. The van der Waals surface area contributed by atoms with Crippen molar-refractivity contribution < 1.29 is 4.79 Å². The SMILES string of the molecule is CCCN(CCC)C(C(N)=O)C(C)C. The van der Waals surface area contributed by atoms with Crippen molar-refractivity contribution in [1.82, 2.24) is 4.90 Å². The molecule has 14 heavy (non-hydrogen) atoms. The maximum Gasteiger partial charge on any atom is 0.235 e. The van der Waals surface area contributed by atoms with Gasteiger partial charge in [0.1, 0.15) is 0 Å². The fourth-order valence-electron chi connectivity index (χ4n) is 1.89. The van der Waals surface area contributed by atoms with Crippen LogP contribution in [-0.2, 0) is 4.79 Å². The first-order valence-corrected chi connectivity index (χ1v) is 5.57. The Labute approximate surface area is 87.6 Å². The first kappa shape index (κ1) is 13.4. The molecule has 0 rings (SSSR count). The van der Waals surface area contributed by atoms with Crippen LogP contribution in [0.4, 0.5) is 0 Å². The monoisotopic (exact) mass is 200 g/mol. The lowest BCUT2D eigenvalue weighted by Crippen LogP contribution is -2.48. The predicted molar refractivity (Wildman–Crippen MR) is 60.0 cm³/mol. The Kier molecular flexibility index (Phi) is 6.54. The van der Waals surface area contributed by atoms with Gasteiger partial charge in [0.15, 0.2) is 0 Å². The normalized spacial score (nSPS) is 13.6. The van der Waals surface area contributed by atoms with Crippen LogP contribution in [0, 0.1) is 5.92 Å². The summed E-state index contributed by atoms with van der Waals surface area (Å²) in [6.45, 7) is 10.3. The van der Waals surface area contributed by atoms with Crippen molar-refractivity contribution in [2.24, 2.45) is 11.7 Å². The van der Waals surface area contributed by atoms with E-state index >= 15 is 0 Å². The second-order valence-corrected chi connectivity index (χ2v) is 4.13. The molecule has 0 aliphatic carbocycles. The number of hydrogen-bond donors (Lipinski definition) is 1. The Morgan fingerprint density at radius 2 is 1.64 bits per heavy atom. The Morgan fingerprint density at radius 1 is 1.21 bits per heavy atom. The van der Waals surface area contributed by atoms with Gasteiger partial charge in [-0.1, -0.05) is 27.7 Å². The second-order valence-electron chi connectivity index (χ2n) is 4.13. The third-order valence-electron chi connectivity index (χ3n) is 2.34. The van der Waals surface area contributed by atoms with Crippen LogP contribution >= 0.6 is 0 Å². The van der Waals surface area contributed by atoms with Gasteiger partial charge in [-0.2, -0.15) is 0 Å². The van der Waals surface area contributed by atoms with E-state index in [-0.39, 0.29) is 11.9 Å². The molecule has 0 aliphatic rings. The summed E-state index contributed by atoms with van der Waals surface area (Å²) in [6, 6.07) is -0.102. The van der Waals surface area contributed by atoms with Gasteiger partial charge in [-0.3, -0.25) is 9.69 Å². The summed E-state index contributed by atoms with van der Waals surface area (Å²) in [7, 11) is 0. The van der Waals surface area contributed by atoms with Gasteiger partial charge in [-0.15, -0.1) is 0 Å². The van der Waals surface area contributed by atoms with Crippen molar-refractivity contribution in [2.45, 2.75) is 46.6 Å². The molecule has 1 unspecified atom stereocenters. The van der Waals surface area contributed by atoms with Gasteiger partial charge < -0.3 is 5.73 Å². The van der Waals surface area contributed by atoms with Gasteiger partial charge in [0, 0.05) is 0 Å². The molecule has 1 atom stereocenters. The molecule has 0 saturated carbocycles. The Bertz CT molecular complexity index is 163. The fraction of sp³-hybridized carbons (Fsp3) is 0.909. The van der Waals surface area contributed by atoms with Crippen LogP contribution in [0.3, 0.4) is 0 Å². The van der Waals surface area contributed by atoms with Gasteiger partial charge in [-0.05, 0) is 31.8 Å². The highest BCUT2D eigenvalue weighted by Crippen LogP contribution is 2.11. The number of hydrogen-bond acceptors (Lipinski definition) is 2. The first-order valence-electron chi connectivity index (χ1n) is 5.57. The van der Waals surface area contributed by atoms with E-state index in [1.165, 1.54) is 0 Å². The van der Waals surface area contributed by atoms with Crippen LogP contribution < -0.4 is 5.73 Å². The van der Waals surface area contributed by atoms with E-state index in [0.29, 0.717) is 5.92 Å². The molecule has 3 nitrogen and oxygen atoms in total. The number of carbonyl (C=O) groups is 1. The third kappa shape index (κ3) is 4.09. The molecule has 2 N–H and O–H groups in total. The summed E-state index contributed by atoms with van der Waals surface area (Å²) in [6.07, 6.45) is 2.13. The minimum atomic E-state index is -0.193. The summed E-state index contributed by atoms with van der Waals surface area (Å²) >= 11 is 0. The Morgan fingerprint density at radius 3 is 1.86 bits per heavy atom. The number of rotatable bonds is 7. The topological polar surface area (TPSA) is 46.3 Å². The van der Waals surface area contributed by atoms with E-state index < -0.39 is 0 Å². The fourth-order valence-corrected chi connectivity index (χ4v) is 1.89. The molecular formula is C11H24N2O. The molecule has 0 fully saturated rings. The number of primary amides is 1. The van der Waals surface area contributed by atoms with Gasteiger partial charge in [0.05, 0.1) is 6.04 Å². The van der Waals surface area contributed by atoms with E-state index in [2.05, 4.69) is 18.7 Å². The zero-order valence-electron chi connectivity index (χ0n) is 9.92. The van der Waals surface area contributed by atoms with Crippen molar-refractivity contribution in [3.8, 4) is 0 Å². The summed E-state index contributed by atoms with van der Waals surface area (Å²) in [5.74, 6) is 0.104. The maximum atomic E-state index is 11.3. The zero-order valence-corrected chi connectivity index (χ0v) is 9.92.